The number of amides is 1. The Hall–Kier alpha value is -1.63. The van der Waals surface area contributed by atoms with E-state index in [2.05, 4.69) is 5.32 Å². The van der Waals surface area contributed by atoms with Crippen LogP contribution >= 0.6 is 35.1 Å². The molecule has 2 aromatic rings. The zero-order valence-corrected chi connectivity index (χ0v) is 12.9. The number of hydrogen-bond donors (Lipinski definition) is 2. The fourth-order valence-corrected chi connectivity index (χ4v) is 3.24. The van der Waals surface area contributed by atoms with E-state index in [1.165, 1.54) is 11.8 Å². The zero-order chi connectivity index (χ0) is 14.8. The van der Waals surface area contributed by atoms with Crippen LogP contribution in [0.2, 0.25) is 5.02 Å². The smallest absolute Gasteiger partial charge is 0.264 e. The van der Waals surface area contributed by atoms with Crippen LogP contribution in [0.15, 0.2) is 55.7 Å². The van der Waals surface area contributed by atoms with E-state index in [4.69, 9.17) is 21.4 Å². The van der Waals surface area contributed by atoms with Crippen molar-refractivity contribution >= 4 is 52.3 Å². The van der Waals surface area contributed by atoms with Crippen LogP contribution < -0.4 is 5.32 Å². The quantitative estimate of drug-likeness (QED) is 0.823. The maximum absolute atomic E-state index is 11.5. The van der Waals surface area contributed by atoms with Gasteiger partial charge >= 0.3 is 0 Å². The molecule has 1 aliphatic heterocycles. The molecule has 0 spiro atoms. The topological polar surface area (TPSA) is 66.1 Å². The SMILES string of the molecule is N=C1NC(=O)C(=Cc2ccc(Sc3ccc(Cl)cc3)o2)S1. The summed E-state index contributed by atoms with van der Waals surface area (Å²) in [6, 6.07) is 11.1. The van der Waals surface area contributed by atoms with Crippen LogP contribution in [0.25, 0.3) is 6.08 Å². The van der Waals surface area contributed by atoms with Gasteiger partial charge in [0.15, 0.2) is 10.3 Å². The highest BCUT2D eigenvalue weighted by Crippen LogP contribution is 2.32. The van der Waals surface area contributed by atoms with Crippen LogP contribution in [0.3, 0.4) is 0 Å². The van der Waals surface area contributed by atoms with E-state index >= 15 is 0 Å². The number of nitrogens with one attached hydrogen (secondary N) is 2. The summed E-state index contributed by atoms with van der Waals surface area (Å²) in [5.74, 6) is 0.312. The van der Waals surface area contributed by atoms with Crippen molar-refractivity contribution in [3.05, 3.63) is 52.1 Å². The van der Waals surface area contributed by atoms with E-state index in [-0.39, 0.29) is 11.1 Å². The normalized spacial score (nSPS) is 16.5. The Balaban J connectivity index is 1.74. The molecule has 2 heterocycles. The van der Waals surface area contributed by atoms with Gasteiger partial charge in [0.25, 0.3) is 5.91 Å². The highest BCUT2D eigenvalue weighted by atomic mass is 35.5. The van der Waals surface area contributed by atoms with E-state index in [9.17, 15) is 4.79 Å². The molecule has 1 amide bonds. The minimum absolute atomic E-state index is 0.133. The maximum Gasteiger partial charge on any atom is 0.264 e. The van der Waals surface area contributed by atoms with E-state index < -0.39 is 0 Å². The maximum atomic E-state index is 11.5. The molecule has 0 saturated carbocycles. The summed E-state index contributed by atoms with van der Waals surface area (Å²) in [6.07, 6.45) is 1.63. The van der Waals surface area contributed by atoms with Crippen molar-refractivity contribution in [1.82, 2.24) is 5.32 Å². The molecule has 21 heavy (non-hydrogen) atoms. The summed E-state index contributed by atoms with van der Waals surface area (Å²) in [7, 11) is 0. The second kappa shape index (κ2) is 6.01. The molecule has 0 radical (unpaired) electrons. The number of carbonyl (C=O) groups excluding carboxylic acids is 1. The number of thioether (sulfide) groups is 1. The third-order valence-electron chi connectivity index (χ3n) is 2.57. The van der Waals surface area contributed by atoms with E-state index in [0.29, 0.717) is 15.7 Å². The van der Waals surface area contributed by atoms with Crippen molar-refractivity contribution in [3.63, 3.8) is 0 Å². The highest BCUT2D eigenvalue weighted by Gasteiger charge is 2.22. The van der Waals surface area contributed by atoms with Crippen LogP contribution in [-0.2, 0) is 4.79 Å². The number of rotatable bonds is 3. The average Bonchev–Trinajstić information content (AvgIpc) is 3.00. The number of furan rings is 1. The monoisotopic (exact) mass is 336 g/mol. The van der Waals surface area contributed by atoms with Crippen LogP contribution in [0.1, 0.15) is 5.76 Å². The fourth-order valence-electron chi connectivity index (χ4n) is 1.66. The van der Waals surface area contributed by atoms with Gasteiger partial charge in [-0.15, -0.1) is 0 Å². The first-order chi connectivity index (χ1) is 10.1. The number of amidine groups is 1. The largest absolute Gasteiger partial charge is 0.450 e. The first kappa shape index (κ1) is 14.3. The summed E-state index contributed by atoms with van der Waals surface area (Å²) in [4.78, 5) is 13.0. The van der Waals surface area contributed by atoms with Crippen molar-refractivity contribution in [2.24, 2.45) is 0 Å². The highest BCUT2D eigenvalue weighted by molar-refractivity contribution is 8.18. The van der Waals surface area contributed by atoms with Crippen LogP contribution in [0.4, 0.5) is 0 Å². The van der Waals surface area contributed by atoms with Crippen LogP contribution in [0.5, 0.6) is 0 Å². The molecule has 1 aliphatic rings. The predicted molar refractivity (Wildman–Crippen MR) is 85.7 cm³/mol. The Kier molecular flexibility index (Phi) is 4.10. The number of halogens is 1. The van der Waals surface area contributed by atoms with Gasteiger partial charge in [-0.05, 0) is 48.2 Å². The first-order valence-corrected chi connectivity index (χ1v) is 7.94. The molecule has 0 bridgehead atoms. The van der Waals surface area contributed by atoms with Crippen molar-refractivity contribution in [2.75, 3.05) is 0 Å². The Bertz CT molecular complexity index is 738. The van der Waals surface area contributed by atoms with Crippen LogP contribution in [0, 0.1) is 5.41 Å². The molecule has 3 rings (SSSR count). The summed E-state index contributed by atoms with van der Waals surface area (Å²) in [6.45, 7) is 0. The summed E-state index contributed by atoms with van der Waals surface area (Å²) in [5.41, 5.74) is 0. The number of hydrogen-bond acceptors (Lipinski definition) is 5. The number of benzene rings is 1. The van der Waals surface area contributed by atoms with Crippen molar-refractivity contribution in [1.29, 1.82) is 5.41 Å². The van der Waals surface area contributed by atoms with E-state index in [1.807, 2.05) is 30.3 Å². The first-order valence-electron chi connectivity index (χ1n) is 5.93. The molecule has 2 N–H and O–H groups in total. The van der Waals surface area contributed by atoms with Crippen LogP contribution in [-0.4, -0.2) is 11.1 Å². The lowest BCUT2D eigenvalue weighted by Crippen LogP contribution is -2.18. The Labute approximate surface area is 134 Å². The van der Waals surface area contributed by atoms with Gasteiger partial charge in [0, 0.05) is 16.0 Å². The van der Waals surface area contributed by atoms with Crippen molar-refractivity contribution < 1.29 is 9.21 Å². The molecule has 1 aromatic carbocycles. The molecule has 1 saturated heterocycles. The molecular formula is C14H9ClN2O2S2. The van der Waals surface area contributed by atoms with Crippen molar-refractivity contribution in [3.8, 4) is 0 Å². The van der Waals surface area contributed by atoms with Gasteiger partial charge in [-0.2, -0.15) is 0 Å². The Morgan fingerprint density at radius 3 is 2.67 bits per heavy atom. The zero-order valence-electron chi connectivity index (χ0n) is 10.6. The van der Waals surface area contributed by atoms with Gasteiger partial charge in [0.2, 0.25) is 0 Å². The third kappa shape index (κ3) is 3.53. The second-order valence-electron chi connectivity index (χ2n) is 4.11. The molecule has 0 atom stereocenters. The van der Waals surface area contributed by atoms with E-state index in [1.54, 1.807) is 12.1 Å². The fraction of sp³-hybridized carbons (Fsp3) is 0. The number of carbonyl (C=O) groups is 1. The predicted octanol–water partition coefficient (Wildman–Crippen LogP) is 4.22. The second-order valence-corrected chi connectivity index (χ2v) is 6.67. The van der Waals surface area contributed by atoms with E-state index in [0.717, 1.165) is 21.7 Å². The summed E-state index contributed by atoms with van der Waals surface area (Å²) >= 11 is 8.40. The lowest BCUT2D eigenvalue weighted by molar-refractivity contribution is -0.115. The Morgan fingerprint density at radius 2 is 2.00 bits per heavy atom. The molecule has 1 aromatic heterocycles. The van der Waals surface area contributed by atoms with Gasteiger partial charge in [0.1, 0.15) is 5.76 Å². The minimum atomic E-state index is -0.270. The van der Waals surface area contributed by atoms with Gasteiger partial charge in [-0.1, -0.05) is 23.4 Å². The van der Waals surface area contributed by atoms with Gasteiger partial charge in [-0.3, -0.25) is 10.2 Å². The lowest BCUT2D eigenvalue weighted by Gasteiger charge is -1.97. The minimum Gasteiger partial charge on any atom is -0.450 e. The summed E-state index contributed by atoms with van der Waals surface area (Å²) in [5, 5.41) is 11.4. The van der Waals surface area contributed by atoms with Crippen molar-refractivity contribution in [2.45, 2.75) is 9.99 Å². The Morgan fingerprint density at radius 1 is 1.24 bits per heavy atom. The molecule has 0 aliphatic carbocycles. The lowest BCUT2D eigenvalue weighted by atomic mass is 10.4. The van der Waals surface area contributed by atoms with Gasteiger partial charge in [-0.25, -0.2) is 0 Å². The summed E-state index contributed by atoms with van der Waals surface area (Å²) < 4.78 is 5.65. The molecule has 7 heteroatoms. The van der Waals surface area contributed by atoms with Gasteiger partial charge in [0.05, 0.1) is 4.91 Å². The molecule has 4 nitrogen and oxygen atoms in total. The molecular weight excluding hydrogens is 328 g/mol. The molecule has 0 unspecified atom stereocenters. The third-order valence-corrected chi connectivity index (χ3v) is 4.58. The average molecular weight is 337 g/mol. The molecule has 106 valence electrons. The standard InChI is InChI=1S/C14H9ClN2O2S2/c15-8-1-4-10(5-2-8)20-12-6-3-9(19-12)7-11-13(18)17-14(16)21-11/h1-7H,(H2,16,17,18). The van der Waals surface area contributed by atoms with Gasteiger partial charge < -0.3 is 9.73 Å². The molecule has 1 fully saturated rings.